The van der Waals surface area contributed by atoms with E-state index in [9.17, 15) is 0 Å². The molecule has 3 rings (SSSR count). The highest BCUT2D eigenvalue weighted by molar-refractivity contribution is 6.06. The Morgan fingerprint density at radius 2 is 1.59 bits per heavy atom. The number of nitrogens with zero attached hydrogens (tertiary/aromatic N) is 2. The molecule has 1 aromatic carbocycles. The normalized spacial score (nSPS) is 26.3. The van der Waals surface area contributed by atoms with E-state index in [4.69, 9.17) is 5.10 Å². The highest BCUT2D eigenvalue weighted by Gasteiger charge is 2.34. The van der Waals surface area contributed by atoms with Crippen molar-refractivity contribution in [1.29, 1.82) is 0 Å². The Kier molecular flexibility index (Phi) is 6.89. The molecule has 148 valence electrons. The summed E-state index contributed by atoms with van der Waals surface area (Å²) < 4.78 is 0. The molecule has 3 unspecified atom stereocenters. The molecular weight excluding hydrogens is 328 g/mol. The van der Waals surface area contributed by atoms with Gasteiger partial charge in [0.05, 0.1) is 5.71 Å². The second kappa shape index (κ2) is 9.17. The molecular formula is C25H38N2. The lowest BCUT2D eigenvalue weighted by Gasteiger charge is -2.34. The van der Waals surface area contributed by atoms with E-state index in [1.54, 1.807) is 0 Å². The van der Waals surface area contributed by atoms with Crippen LogP contribution in [0.25, 0.3) is 0 Å². The lowest BCUT2D eigenvalue weighted by molar-refractivity contribution is 0.285. The highest BCUT2D eigenvalue weighted by atomic mass is 15.2. The van der Waals surface area contributed by atoms with Crippen LogP contribution >= 0.6 is 0 Å². The largest absolute Gasteiger partial charge is 0.160 e. The predicted molar refractivity (Wildman–Crippen MR) is 118 cm³/mol. The average molecular weight is 367 g/mol. The van der Waals surface area contributed by atoms with Gasteiger partial charge in [-0.1, -0.05) is 64.8 Å². The fraction of sp³-hybridized carbons (Fsp3) is 0.680. The fourth-order valence-electron chi connectivity index (χ4n) is 5.15. The van der Waals surface area contributed by atoms with Crippen molar-refractivity contribution >= 4 is 11.4 Å². The standard InChI is InChI=1S/C25H38N2/c1-17(2)15-20-7-6-8-24-23(14-11-20)19(5)26-27-25(24)22-12-9-21(10-13-22)16-18(3)4/h9-10,12-13,17-18,20,23-24H,6-8,11,14-16H2,1-5H3. The molecule has 27 heavy (non-hydrogen) atoms. The van der Waals surface area contributed by atoms with Gasteiger partial charge in [-0.2, -0.15) is 10.2 Å². The molecule has 2 heteroatoms. The molecule has 1 heterocycles. The van der Waals surface area contributed by atoms with Crippen LogP contribution < -0.4 is 0 Å². The van der Waals surface area contributed by atoms with Gasteiger partial charge in [-0.25, -0.2) is 0 Å². The van der Waals surface area contributed by atoms with Gasteiger partial charge in [0, 0.05) is 17.5 Å². The Morgan fingerprint density at radius 3 is 2.26 bits per heavy atom. The molecule has 0 spiro atoms. The minimum absolute atomic E-state index is 0.554. The Morgan fingerprint density at radius 1 is 0.852 bits per heavy atom. The third kappa shape index (κ3) is 5.30. The quantitative estimate of drug-likeness (QED) is 0.540. The third-order valence-corrected chi connectivity index (χ3v) is 6.40. The molecule has 0 radical (unpaired) electrons. The van der Waals surface area contributed by atoms with Crippen LogP contribution in [0, 0.1) is 29.6 Å². The van der Waals surface area contributed by atoms with E-state index in [0.29, 0.717) is 17.8 Å². The van der Waals surface area contributed by atoms with Gasteiger partial charge in [0.2, 0.25) is 0 Å². The van der Waals surface area contributed by atoms with Crippen LogP contribution in [0.2, 0.25) is 0 Å². The van der Waals surface area contributed by atoms with Crippen molar-refractivity contribution in [2.75, 3.05) is 0 Å². The SMILES string of the molecule is CC1=NN=C(c2ccc(CC(C)C)cc2)C2CCCC(CC(C)C)CCC12. The Labute approximate surface area is 166 Å². The maximum atomic E-state index is 4.70. The van der Waals surface area contributed by atoms with Gasteiger partial charge in [-0.15, -0.1) is 0 Å². The number of fused-ring (bicyclic) bond motifs is 1. The second-order valence-corrected chi connectivity index (χ2v) is 9.74. The topological polar surface area (TPSA) is 24.7 Å². The molecule has 1 aliphatic carbocycles. The number of hydrogen-bond donors (Lipinski definition) is 0. The van der Waals surface area contributed by atoms with E-state index in [1.807, 2.05) is 0 Å². The predicted octanol–water partition coefficient (Wildman–Crippen LogP) is 6.92. The van der Waals surface area contributed by atoms with Crippen LogP contribution in [-0.4, -0.2) is 11.4 Å². The number of benzene rings is 1. The molecule has 2 nitrogen and oxygen atoms in total. The van der Waals surface area contributed by atoms with E-state index >= 15 is 0 Å². The van der Waals surface area contributed by atoms with Crippen LogP contribution in [0.4, 0.5) is 0 Å². The van der Waals surface area contributed by atoms with Crippen molar-refractivity contribution in [1.82, 2.24) is 0 Å². The van der Waals surface area contributed by atoms with E-state index in [1.165, 1.54) is 61.1 Å². The molecule has 0 aromatic heterocycles. The Balaban J connectivity index is 1.76. The first-order valence-electron chi connectivity index (χ1n) is 11.1. The summed E-state index contributed by atoms with van der Waals surface area (Å²) in [5.74, 6) is 3.55. The molecule has 3 atom stereocenters. The summed E-state index contributed by atoms with van der Waals surface area (Å²) in [6.45, 7) is 11.5. The summed E-state index contributed by atoms with van der Waals surface area (Å²) in [6, 6.07) is 9.15. The van der Waals surface area contributed by atoms with E-state index in [0.717, 1.165) is 18.3 Å². The van der Waals surface area contributed by atoms with Crippen molar-refractivity contribution in [3.8, 4) is 0 Å². The van der Waals surface area contributed by atoms with Crippen LogP contribution in [0.15, 0.2) is 34.5 Å². The summed E-state index contributed by atoms with van der Waals surface area (Å²) in [4.78, 5) is 0. The molecule has 0 N–H and O–H groups in total. The van der Waals surface area contributed by atoms with Gasteiger partial charge in [0.15, 0.2) is 0 Å². The first kappa shape index (κ1) is 20.3. The zero-order chi connectivity index (χ0) is 19.4. The van der Waals surface area contributed by atoms with Crippen LogP contribution in [0.3, 0.4) is 0 Å². The summed E-state index contributed by atoms with van der Waals surface area (Å²) in [6.07, 6.45) is 9.14. The first-order valence-corrected chi connectivity index (χ1v) is 11.1. The third-order valence-electron chi connectivity index (χ3n) is 6.40. The number of rotatable bonds is 5. The van der Waals surface area contributed by atoms with Crippen molar-refractivity contribution in [3.63, 3.8) is 0 Å². The lowest BCUT2D eigenvalue weighted by Crippen LogP contribution is -2.34. The van der Waals surface area contributed by atoms with E-state index in [2.05, 4.69) is 64.0 Å². The van der Waals surface area contributed by atoms with Gasteiger partial charge in [0.1, 0.15) is 0 Å². The summed E-state index contributed by atoms with van der Waals surface area (Å²) in [7, 11) is 0. The molecule has 1 saturated carbocycles. The number of hydrogen-bond acceptors (Lipinski definition) is 2. The van der Waals surface area contributed by atoms with Gasteiger partial charge in [-0.3, -0.25) is 0 Å². The highest BCUT2D eigenvalue weighted by Crippen LogP contribution is 2.37. The summed E-state index contributed by atoms with van der Waals surface area (Å²) in [5.41, 5.74) is 5.21. The molecule has 1 aliphatic heterocycles. The monoisotopic (exact) mass is 366 g/mol. The molecule has 2 aliphatic rings. The van der Waals surface area contributed by atoms with Crippen molar-refractivity contribution in [3.05, 3.63) is 35.4 Å². The molecule has 0 saturated heterocycles. The Bertz CT molecular complexity index is 666. The van der Waals surface area contributed by atoms with Gasteiger partial charge in [0.25, 0.3) is 0 Å². The zero-order valence-corrected chi connectivity index (χ0v) is 18.0. The summed E-state index contributed by atoms with van der Waals surface area (Å²) >= 11 is 0. The van der Waals surface area contributed by atoms with Gasteiger partial charge in [-0.05, 0) is 67.9 Å². The van der Waals surface area contributed by atoms with E-state index in [-0.39, 0.29) is 0 Å². The summed E-state index contributed by atoms with van der Waals surface area (Å²) in [5, 5.41) is 9.31. The molecule has 0 bridgehead atoms. The van der Waals surface area contributed by atoms with Crippen LogP contribution in [0.1, 0.15) is 84.3 Å². The molecule has 1 fully saturated rings. The van der Waals surface area contributed by atoms with E-state index < -0.39 is 0 Å². The van der Waals surface area contributed by atoms with Crippen LogP contribution in [0.5, 0.6) is 0 Å². The van der Waals surface area contributed by atoms with Crippen molar-refractivity contribution in [2.45, 2.75) is 79.6 Å². The maximum Gasteiger partial charge on any atom is 0.0740 e. The Hall–Kier alpha value is -1.44. The smallest absolute Gasteiger partial charge is 0.0740 e. The fourth-order valence-corrected chi connectivity index (χ4v) is 5.15. The lowest BCUT2D eigenvalue weighted by atomic mass is 9.72. The zero-order valence-electron chi connectivity index (χ0n) is 18.0. The average Bonchev–Trinajstić information content (AvgIpc) is 2.58. The maximum absolute atomic E-state index is 4.70. The van der Waals surface area contributed by atoms with Crippen molar-refractivity contribution < 1.29 is 0 Å². The van der Waals surface area contributed by atoms with Crippen molar-refractivity contribution in [2.24, 2.45) is 39.8 Å². The minimum atomic E-state index is 0.554. The van der Waals surface area contributed by atoms with Crippen LogP contribution in [-0.2, 0) is 6.42 Å². The van der Waals surface area contributed by atoms with Gasteiger partial charge < -0.3 is 0 Å². The second-order valence-electron chi connectivity index (χ2n) is 9.74. The first-order chi connectivity index (χ1) is 12.9. The van der Waals surface area contributed by atoms with Gasteiger partial charge >= 0.3 is 0 Å². The molecule has 0 amide bonds. The molecule has 1 aromatic rings. The minimum Gasteiger partial charge on any atom is -0.160 e.